The first kappa shape index (κ1) is 21.6. The third-order valence-corrected chi connectivity index (χ3v) is 6.36. The molecule has 5 heteroatoms. The topological polar surface area (TPSA) is 47.9 Å². The number of amides is 1. The zero-order chi connectivity index (χ0) is 21.3. The molecule has 1 aliphatic carbocycles. The van der Waals surface area contributed by atoms with Gasteiger partial charge in [0.2, 0.25) is 0 Å². The van der Waals surface area contributed by atoms with E-state index in [0.717, 1.165) is 51.3 Å². The molecule has 0 bridgehead atoms. The van der Waals surface area contributed by atoms with Gasteiger partial charge in [-0.3, -0.25) is 9.69 Å². The molecular formula is C26H34N4O. The summed E-state index contributed by atoms with van der Waals surface area (Å²) in [6, 6.07) is 18.6. The summed E-state index contributed by atoms with van der Waals surface area (Å²) in [4.78, 5) is 17.4. The smallest absolute Gasteiger partial charge is 0.271 e. The van der Waals surface area contributed by atoms with Gasteiger partial charge >= 0.3 is 0 Å². The standard InChI is InChI=1S/C26H34N4O/c31-26(28-27-24-9-5-2-1-3-6-10-24)23-15-13-22(14-16-23)21-29-17-19-30(20-18-29)25-11-7-4-8-12-25/h4,7-8,11-16H,1-3,5-6,9-10,17-21H2,(H,28,31). The van der Waals surface area contributed by atoms with E-state index in [1.807, 2.05) is 12.1 Å². The Balaban J connectivity index is 1.25. The number of hydrogen-bond donors (Lipinski definition) is 1. The summed E-state index contributed by atoms with van der Waals surface area (Å²) in [5.41, 5.74) is 7.14. The Morgan fingerprint density at radius 2 is 1.45 bits per heavy atom. The van der Waals surface area contributed by atoms with Crippen LogP contribution in [0.3, 0.4) is 0 Å². The molecule has 0 unspecified atom stereocenters. The van der Waals surface area contributed by atoms with Crippen molar-refractivity contribution in [3.8, 4) is 0 Å². The van der Waals surface area contributed by atoms with Crippen LogP contribution in [0.5, 0.6) is 0 Å². The number of benzene rings is 2. The highest BCUT2D eigenvalue weighted by molar-refractivity contribution is 5.95. The quantitative estimate of drug-likeness (QED) is 0.707. The first-order valence-corrected chi connectivity index (χ1v) is 11.7. The van der Waals surface area contributed by atoms with Gasteiger partial charge in [-0.05, 0) is 55.5 Å². The molecular weight excluding hydrogens is 384 g/mol. The summed E-state index contributed by atoms with van der Waals surface area (Å²) < 4.78 is 0. The fourth-order valence-electron chi connectivity index (χ4n) is 4.44. The van der Waals surface area contributed by atoms with Crippen molar-refractivity contribution in [1.29, 1.82) is 0 Å². The Bertz CT molecular complexity index is 845. The van der Waals surface area contributed by atoms with Gasteiger partial charge in [0.05, 0.1) is 0 Å². The summed E-state index contributed by atoms with van der Waals surface area (Å²) in [7, 11) is 0. The van der Waals surface area contributed by atoms with Crippen molar-refractivity contribution in [3.63, 3.8) is 0 Å². The van der Waals surface area contributed by atoms with E-state index < -0.39 is 0 Å². The van der Waals surface area contributed by atoms with E-state index in [2.05, 4.69) is 62.8 Å². The van der Waals surface area contributed by atoms with Crippen LogP contribution in [0.25, 0.3) is 0 Å². The lowest BCUT2D eigenvalue weighted by molar-refractivity contribution is 0.0954. The zero-order valence-corrected chi connectivity index (χ0v) is 18.4. The third kappa shape index (κ3) is 6.41. The highest BCUT2D eigenvalue weighted by atomic mass is 16.2. The van der Waals surface area contributed by atoms with Gasteiger partial charge in [-0.1, -0.05) is 49.6 Å². The minimum atomic E-state index is -0.113. The van der Waals surface area contributed by atoms with Crippen LogP contribution in [-0.2, 0) is 6.54 Å². The minimum absolute atomic E-state index is 0.113. The highest BCUT2D eigenvalue weighted by Crippen LogP contribution is 2.17. The van der Waals surface area contributed by atoms with Gasteiger partial charge in [-0.15, -0.1) is 0 Å². The van der Waals surface area contributed by atoms with Crippen molar-refractivity contribution in [2.45, 2.75) is 51.5 Å². The molecule has 1 aliphatic heterocycles. The Labute approximate surface area is 186 Å². The van der Waals surface area contributed by atoms with E-state index in [9.17, 15) is 4.79 Å². The lowest BCUT2D eigenvalue weighted by Crippen LogP contribution is -2.45. The largest absolute Gasteiger partial charge is 0.369 e. The average molecular weight is 419 g/mol. The molecule has 1 saturated heterocycles. The lowest BCUT2D eigenvalue weighted by atomic mass is 9.99. The number of carbonyl (C=O) groups excluding carboxylic acids is 1. The second-order valence-electron chi connectivity index (χ2n) is 8.68. The number of hydrogen-bond acceptors (Lipinski definition) is 4. The van der Waals surface area contributed by atoms with Gasteiger partial charge in [0.25, 0.3) is 5.91 Å². The highest BCUT2D eigenvalue weighted by Gasteiger charge is 2.17. The number of rotatable bonds is 5. The number of hydrazone groups is 1. The Hall–Kier alpha value is -2.66. The Morgan fingerprint density at radius 3 is 2.13 bits per heavy atom. The van der Waals surface area contributed by atoms with Crippen molar-refractivity contribution < 1.29 is 4.79 Å². The molecule has 4 rings (SSSR count). The van der Waals surface area contributed by atoms with Gasteiger partial charge in [-0.25, -0.2) is 5.43 Å². The molecule has 2 aromatic carbocycles. The van der Waals surface area contributed by atoms with E-state index in [1.54, 1.807) is 0 Å². The fraction of sp³-hybridized carbons (Fsp3) is 0.462. The second-order valence-corrected chi connectivity index (χ2v) is 8.68. The second kappa shape index (κ2) is 11.1. The van der Waals surface area contributed by atoms with Crippen molar-refractivity contribution in [1.82, 2.24) is 10.3 Å². The number of anilines is 1. The van der Waals surface area contributed by atoms with E-state index >= 15 is 0 Å². The molecule has 2 aliphatic rings. The van der Waals surface area contributed by atoms with Gasteiger partial charge in [0.15, 0.2) is 0 Å². The van der Waals surface area contributed by atoms with Crippen molar-refractivity contribution in [2.24, 2.45) is 5.10 Å². The first-order chi connectivity index (χ1) is 15.3. The summed E-state index contributed by atoms with van der Waals surface area (Å²) in [6.45, 7) is 5.12. The van der Waals surface area contributed by atoms with Crippen molar-refractivity contribution >= 4 is 17.3 Å². The molecule has 0 spiro atoms. The molecule has 1 N–H and O–H groups in total. The maximum Gasteiger partial charge on any atom is 0.271 e. The predicted molar refractivity (Wildman–Crippen MR) is 128 cm³/mol. The minimum Gasteiger partial charge on any atom is -0.369 e. The summed E-state index contributed by atoms with van der Waals surface area (Å²) in [5, 5.41) is 4.41. The predicted octanol–water partition coefficient (Wildman–Crippen LogP) is 4.84. The molecule has 1 heterocycles. The number of piperazine rings is 1. The normalized spacial score (nSPS) is 18.2. The third-order valence-electron chi connectivity index (χ3n) is 6.36. The summed E-state index contributed by atoms with van der Waals surface area (Å²) in [5.74, 6) is -0.113. The van der Waals surface area contributed by atoms with Gasteiger partial charge in [0, 0.05) is 49.7 Å². The van der Waals surface area contributed by atoms with E-state index in [4.69, 9.17) is 0 Å². The van der Waals surface area contributed by atoms with Crippen LogP contribution in [0.1, 0.15) is 60.9 Å². The van der Waals surface area contributed by atoms with Crippen molar-refractivity contribution in [3.05, 3.63) is 65.7 Å². The molecule has 164 valence electrons. The Kier molecular flexibility index (Phi) is 7.72. The van der Waals surface area contributed by atoms with E-state index in [1.165, 1.54) is 43.4 Å². The number of carbonyl (C=O) groups is 1. The fourth-order valence-corrected chi connectivity index (χ4v) is 4.44. The monoisotopic (exact) mass is 418 g/mol. The average Bonchev–Trinajstić information content (AvgIpc) is 2.80. The van der Waals surface area contributed by atoms with Crippen molar-refractivity contribution in [2.75, 3.05) is 31.1 Å². The van der Waals surface area contributed by atoms with Gasteiger partial charge in [-0.2, -0.15) is 5.10 Å². The molecule has 0 aromatic heterocycles. The zero-order valence-electron chi connectivity index (χ0n) is 18.4. The molecule has 2 aromatic rings. The van der Waals surface area contributed by atoms with E-state index in [-0.39, 0.29) is 5.91 Å². The van der Waals surface area contributed by atoms with Crippen LogP contribution in [-0.4, -0.2) is 42.7 Å². The Morgan fingerprint density at radius 1 is 0.806 bits per heavy atom. The van der Waals surface area contributed by atoms with Crippen LogP contribution < -0.4 is 10.3 Å². The van der Waals surface area contributed by atoms with Crippen LogP contribution >= 0.6 is 0 Å². The number of nitrogens with zero attached hydrogens (tertiary/aromatic N) is 3. The van der Waals surface area contributed by atoms with Crippen LogP contribution in [0.15, 0.2) is 59.7 Å². The maximum absolute atomic E-state index is 12.5. The molecule has 31 heavy (non-hydrogen) atoms. The molecule has 1 saturated carbocycles. The van der Waals surface area contributed by atoms with Crippen LogP contribution in [0.4, 0.5) is 5.69 Å². The number of nitrogens with one attached hydrogen (secondary N) is 1. The first-order valence-electron chi connectivity index (χ1n) is 11.7. The molecule has 5 nitrogen and oxygen atoms in total. The number of para-hydroxylation sites is 1. The van der Waals surface area contributed by atoms with Gasteiger partial charge in [0.1, 0.15) is 0 Å². The lowest BCUT2D eigenvalue weighted by Gasteiger charge is -2.36. The molecule has 2 fully saturated rings. The SMILES string of the molecule is O=C(NN=C1CCCCCCC1)c1ccc(CN2CCN(c3ccccc3)CC2)cc1. The summed E-state index contributed by atoms with van der Waals surface area (Å²) >= 11 is 0. The molecule has 1 amide bonds. The van der Waals surface area contributed by atoms with Gasteiger partial charge < -0.3 is 4.90 Å². The van der Waals surface area contributed by atoms with Crippen LogP contribution in [0, 0.1) is 0 Å². The van der Waals surface area contributed by atoms with E-state index in [0.29, 0.717) is 5.56 Å². The maximum atomic E-state index is 12.5. The molecule has 0 radical (unpaired) electrons. The summed E-state index contributed by atoms with van der Waals surface area (Å²) in [6.07, 6.45) is 8.26. The molecule has 0 atom stereocenters. The van der Waals surface area contributed by atoms with Crippen LogP contribution in [0.2, 0.25) is 0 Å².